The largest absolute Gasteiger partial charge is 0.387 e. The smallest absolute Gasteiger partial charge is 0.0678 e. The van der Waals surface area contributed by atoms with Crippen LogP contribution in [0, 0.1) is 0 Å². The van der Waals surface area contributed by atoms with Gasteiger partial charge in [-0.25, -0.2) is 0 Å². The molecule has 1 aromatic heterocycles. The number of benzene rings is 1. The van der Waals surface area contributed by atoms with E-state index in [1.165, 1.54) is 0 Å². The summed E-state index contributed by atoms with van der Waals surface area (Å²) >= 11 is 11.9. The Hall–Kier alpha value is -1.25. The van der Waals surface area contributed by atoms with E-state index >= 15 is 0 Å². The highest BCUT2D eigenvalue weighted by atomic mass is 35.5. The average molecular weight is 267 g/mol. The Morgan fingerprint density at radius 3 is 2.71 bits per heavy atom. The van der Waals surface area contributed by atoms with Crippen LogP contribution in [0.1, 0.15) is 11.3 Å². The van der Waals surface area contributed by atoms with E-state index in [4.69, 9.17) is 23.2 Å². The molecule has 0 bridgehead atoms. The number of halogens is 2. The van der Waals surface area contributed by atoms with Crippen LogP contribution in [0.2, 0.25) is 10.0 Å². The van der Waals surface area contributed by atoms with Crippen molar-refractivity contribution < 1.29 is 0 Å². The Labute approximate surface area is 111 Å². The summed E-state index contributed by atoms with van der Waals surface area (Å²) < 4.78 is 0. The summed E-state index contributed by atoms with van der Waals surface area (Å²) in [5.41, 5.74) is 3.11. The van der Waals surface area contributed by atoms with Gasteiger partial charge in [0.25, 0.3) is 0 Å². The third kappa shape index (κ3) is 2.90. The second-order valence-electron chi connectivity index (χ2n) is 3.67. The zero-order chi connectivity index (χ0) is 12.3. The zero-order valence-corrected chi connectivity index (χ0v) is 10.9. The van der Waals surface area contributed by atoms with E-state index in [0.29, 0.717) is 10.0 Å². The molecule has 0 aliphatic heterocycles. The molecule has 1 aromatic carbocycles. The standard InChI is InChI=1S/C13H12Cl2N2/c1-16-12-3-2-6-17-13(12)8-9-4-5-10(14)11(15)7-9/h2-7,16H,8H2,1H3. The highest BCUT2D eigenvalue weighted by Crippen LogP contribution is 2.24. The SMILES string of the molecule is CNc1cccnc1Cc1ccc(Cl)c(Cl)c1. The molecule has 0 atom stereocenters. The Balaban J connectivity index is 2.28. The van der Waals surface area contributed by atoms with Gasteiger partial charge in [0.2, 0.25) is 0 Å². The molecule has 0 unspecified atom stereocenters. The minimum atomic E-state index is 0.574. The Morgan fingerprint density at radius 1 is 1.18 bits per heavy atom. The molecule has 0 aliphatic carbocycles. The molecule has 0 saturated heterocycles. The predicted molar refractivity (Wildman–Crippen MR) is 73.1 cm³/mol. The van der Waals surface area contributed by atoms with Gasteiger partial charge in [0, 0.05) is 19.7 Å². The summed E-state index contributed by atoms with van der Waals surface area (Å²) in [5, 5.41) is 4.27. The molecular formula is C13H12Cl2N2. The third-order valence-electron chi connectivity index (χ3n) is 2.52. The highest BCUT2D eigenvalue weighted by Gasteiger charge is 2.05. The zero-order valence-electron chi connectivity index (χ0n) is 9.37. The fourth-order valence-corrected chi connectivity index (χ4v) is 1.97. The number of anilines is 1. The van der Waals surface area contributed by atoms with Gasteiger partial charge >= 0.3 is 0 Å². The van der Waals surface area contributed by atoms with Crippen molar-refractivity contribution in [3.63, 3.8) is 0 Å². The van der Waals surface area contributed by atoms with E-state index < -0.39 is 0 Å². The fraction of sp³-hybridized carbons (Fsp3) is 0.154. The number of hydrogen-bond acceptors (Lipinski definition) is 2. The fourth-order valence-electron chi connectivity index (χ4n) is 1.65. The summed E-state index contributed by atoms with van der Waals surface area (Å²) in [6, 6.07) is 9.55. The summed E-state index contributed by atoms with van der Waals surface area (Å²) in [6.45, 7) is 0. The maximum Gasteiger partial charge on any atom is 0.0678 e. The van der Waals surface area contributed by atoms with E-state index in [1.807, 2.05) is 31.3 Å². The number of nitrogens with one attached hydrogen (secondary N) is 1. The van der Waals surface area contributed by atoms with Gasteiger partial charge in [0.05, 0.1) is 21.4 Å². The number of rotatable bonds is 3. The van der Waals surface area contributed by atoms with Gasteiger partial charge in [-0.2, -0.15) is 0 Å². The molecule has 0 fully saturated rings. The van der Waals surface area contributed by atoms with E-state index in [9.17, 15) is 0 Å². The number of aromatic nitrogens is 1. The maximum atomic E-state index is 5.99. The molecule has 0 amide bonds. The highest BCUT2D eigenvalue weighted by molar-refractivity contribution is 6.42. The van der Waals surface area contributed by atoms with Gasteiger partial charge in [0.15, 0.2) is 0 Å². The molecule has 4 heteroatoms. The molecule has 0 radical (unpaired) electrons. The van der Waals surface area contributed by atoms with Gasteiger partial charge < -0.3 is 5.32 Å². The van der Waals surface area contributed by atoms with Gasteiger partial charge in [0.1, 0.15) is 0 Å². The molecule has 1 N–H and O–H groups in total. The number of hydrogen-bond donors (Lipinski definition) is 1. The molecule has 2 nitrogen and oxygen atoms in total. The van der Waals surface area contributed by atoms with Crippen molar-refractivity contribution in [2.24, 2.45) is 0 Å². The van der Waals surface area contributed by atoms with Crippen LogP contribution in [-0.4, -0.2) is 12.0 Å². The molecule has 2 aromatic rings. The van der Waals surface area contributed by atoms with Crippen molar-refractivity contribution in [2.75, 3.05) is 12.4 Å². The molecule has 2 rings (SSSR count). The van der Waals surface area contributed by atoms with Crippen LogP contribution < -0.4 is 5.32 Å². The third-order valence-corrected chi connectivity index (χ3v) is 3.25. The topological polar surface area (TPSA) is 24.9 Å². The van der Waals surface area contributed by atoms with Crippen molar-refractivity contribution >= 4 is 28.9 Å². The summed E-state index contributed by atoms with van der Waals surface area (Å²) in [4.78, 5) is 4.36. The molecule has 0 saturated carbocycles. The average Bonchev–Trinajstić information content (AvgIpc) is 2.34. The van der Waals surface area contributed by atoms with Crippen LogP contribution in [0.4, 0.5) is 5.69 Å². The number of nitrogens with zero attached hydrogens (tertiary/aromatic N) is 1. The Kier molecular flexibility index (Phi) is 3.87. The van der Waals surface area contributed by atoms with Crippen LogP contribution >= 0.6 is 23.2 Å². The first-order chi connectivity index (χ1) is 8.20. The van der Waals surface area contributed by atoms with E-state index in [-0.39, 0.29) is 0 Å². The second kappa shape index (κ2) is 5.39. The van der Waals surface area contributed by atoms with Crippen LogP contribution in [-0.2, 0) is 6.42 Å². The lowest BCUT2D eigenvalue weighted by Gasteiger charge is -2.08. The Morgan fingerprint density at radius 2 is 2.00 bits per heavy atom. The van der Waals surface area contributed by atoms with Gasteiger partial charge in [-0.15, -0.1) is 0 Å². The van der Waals surface area contributed by atoms with Gasteiger partial charge in [-0.05, 0) is 29.8 Å². The van der Waals surface area contributed by atoms with Crippen molar-refractivity contribution in [1.82, 2.24) is 4.98 Å². The lowest BCUT2D eigenvalue weighted by Crippen LogP contribution is -1.99. The van der Waals surface area contributed by atoms with Crippen LogP contribution in [0.3, 0.4) is 0 Å². The summed E-state index contributed by atoms with van der Waals surface area (Å²) in [6.07, 6.45) is 2.52. The predicted octanol–water partition coefficient (Wildman–Crippen LogP) is 4.02. The second-order valence-corrected chi connectivity index (χ2v) is 4.49. The van der Waals surface area contributed by atoms with E-state index in [1.54, 1.807) is 12.3 Å². The van der Waals surface area contributed by atoms with E-state index in [0.717, 1.165) is 23.4 Å². The minimum Gasteiger partial charge on any atom is -0.387 e. The lowest BCUT2D eigenvalue weighted by molar-refractivity contribution is 1.07. The minimum absolute atomic E-state index is 0.574. The molecule has 1 heterocycles. The molecular weight excluding hydrogens is 255 g/mol. The maximum absolute atomic E-state index is 5.99. The van der Waals surface area contributed by atoms with Crippen LogP contribution in [0.25, 0.3) is 0 Å². The quantitative estimate of drug-likeness (QED) is 0.908. The Bertz CT molecular complexity index is 527. The van der Waals surface area contributed by atoms with Crippen molar-refractivity contribution in [3.05, 3.63) is 57.8 Å². The van der Waals surface area contributed by atoms with Crippen LogP contribution in [0.5, 0.6) is 0 Å². The van der Waals surface area contributed by atoms with Crippen molar-refractivity contribution in [1.29, 1.82) is 0 Å². The number of pyridine rings is 1. The van der Waals surface area contributed by atoms with Crippen molar-refractivity contribution in [2.45, 2.75) is 6.42 Å². The molecule has 17 heavy (non-hydrogen) atoms. The van der Waals surface area contributed by atoms with Crippen molar-refractivity contribution in [3.8, 4) is 0 Å². The summed E-state index contributed by atoms with van der Waals surface area (Å²) in [5.74, 6) is 0. The first-order valence-electron chi connectivity index (χ1n) is 5.26. The van der Waals surface area contributed by atoms with Gasteiger partial charge in [-0.3, -0.25) is 4.98 Å². The van der Waals surface area contributed by atoms with Crippen LogP contribution in [0.15, 0.2) is 36.5 Å². The monoisotopic (exact) mass is 266 g/mol. The molecule has 0 aliphatic rings. The van der Waals surface area contributed by atoms with E-state index in [2.05, 4.69) is 10.3 Å². The van der Waals surface area contributed by atoms with Gasteiger partial charge in [-0.1, -0.05) is 29.3 Å². The summed E-state index contributed by atoms with van der Waals surface area (Å²) in [7, 11) is 1.88. The lowest BCUT2D eigenvalue weighted by atomic mass is 10.1. The normalized spacial score (nSPS) is 10.3. The first kappa shape index (κ1) is 12.2. The molecule has 88 valence electrons. The molecule has 0 spiro atoms. The first-order valence-corrected chi connectivity index (χ1v) is 6.02.